The fraction of sp³-hybridized carbons (Fsp3) is 0.200. The molecule has 0 atom stereocenters. The van der Waals surface area contributed by atoms with Gasteiger partial charge >= 0.3 is 18.4 Å². The summed E-state index contributed by atoms with van der Waals surface area (Å²) in [6.45, 7) is 2.01. The number of alkyl halides is 3. The molecule has 3 N–H and O–H groups in total. The Hall–Kier alpha value is -4.99. The number of benzene rings is 2. The number of carbonyl (C=O) groups is 2. The van der Waals surface area contributed by atoms with Crippen molar-refractivity contribution in [1.82, 2.24) is 9.88 Å². The molecule has 0 bridgehead atoms. The van der Waals surface area contributed by atoms with E-state index in [0.717, 1.165) is 11.8 Å². The van der Waals surface area contributed by atoms with E-state index in [1.54, 1.807) is 41.3 Å². The first-order valence-electron chi connectivity index (χ1n) is 11.4. The molecular weight excluding hydrogens is 503 g/mol. The van der Waals surface area contributed by atoms with Crippen LogP contribution in [0.15, 0.2) is 66.9 Å². The largest absolute Gasteiger partial charge is 0.573 e. The molecule has 4 rings (SSSR count). The molecule has 1 aromatic heterocycles. The van der Waals surface area contributed by atoms with E-state index in [0.29, 0.717) is 31.9 Å². The van der Waals surface area contributed by atoms with E-state index in [1.807, 2.05) is 6.07 Å². The number of halogens is 3. The predicted octanol–water partition coefficient (Wildman–Crippen LogP) is 4.85. The first-order chi connectivity index (χ1) is 18.2. The molecule has 3 aromatic rings. The lowest BCUT2D eigenvalue weighted by molar-refractivity contribution is -0.274. The number of pyridine rings is 1. The van der Waals surface area contributed by atoms with Crippen molar-refractivity contribution in [2.45, 2.75) is 6.36 Å². The van der Waals surface area contributed by atoms with Crippen LogP contribution in [0, 0.1) is 11.3 Å². The van der Waals surface area contributed by atoms with Gasteiger partial charge in [-0.2, -0.15) is 5.26 Å². The SMILES string of the molecule is N#Cc1cccnc1NC(=O)N1CCN(c2ccc(NC(=O)Nc3ccccc3OC(F)(F)F)cc2)CC1. The summed E-state index contributed by atoms with van der Waals surface area (Å²) in [5.74, 6) is -0.310. The number of piperazine rings is 1. The molecule has 1 aliphatic rings. The first-order valence-corrected chi connectivity index (χ1v) is 11.4. The molecule has 4 amide bonds. The van der Waals surface area contributed by atoms with Crippen molar-refractivity contribution < 1.29 is 27.5 Å². The number of hydrogen-bond donors (Lipinski definition) is 3. The molecule has 13 heteroatoms. The van der Waals surface area contributed by atoms with Crippen molar-refractivity contribution in [2.24, 2.45) is 0 Å². The van der Waals surface area contributed by atoms with Gasteiger partial charge in [0.1, 0.15) is 6.07 Å². The minimum absolute atomic E-state index is 0.132. The summed E-state index contributed by atoms with van der Waals surface area (Å²) in [6, 6.07) is 16.2. The smallest absolute Gasteiger partial charge is 0.404 e. The molecule has 10 nitrogen and oxygen atoms in total. The average Bonchev–Trinajstić information content (AvgIpc) is 2.90. The lowest BCUT2D eigenvalue weighted by Crippen LogP contribution is -2.50. The van der Waals surface area contributed by atoms with Crippen molar-refractivity contribution in [2.75, 3.05) is 47.0 Å². The third kappa shape index (κ3) is 6.82. The van der Waals surface area contributed by atoms with Gasteiger partial charge in [-0.25, -0.2) is 14.6 Å². The van der Waals surface area contributed by atoms with Gasteiger partial charge in [-0.05, 0) is 48.5 Å². The maximum Gasteiger partial charge on any atom is 0.573 e. The highest BCUT2D eigenvalue weighted by Crippen LogP contribution is 2.30. The van der Waals surface area contributed by atoms with Crippen LogP contribution in [0.2, 0.25) is 0 Å². The van der Waals surface area contributed by atoms with Crippen LogP contribution in [0.1, 0.15) is 5.56 Å². The topological polar surface area (TPSA) is 123 Å². The fourth-order valence-electron chi connectivity index (χ4n) is 3.77. The van der Waals surface area contributed by atoms with E-state index in [1.165, 1.54) is 24.4 Å². The van der Waals surface area contributed by atoms with E-state index in [-0.39, 0.29) is 23.1 Å². The summed E-state index contributed by atoms with van der Waals surface area (Å²) in [5, 5.41) is 16.7. The average molecular weight is 525 g/mol. The number of amides is 4. The summed E-state index contributed by atoms with van der Waals surface area (Å²) >= 11 is 0. The summed E-state index contributed by atoms with van der Waals surface area (Å²) in [7, 11) is 0. The number of anilines is 4. The Morgan fingerprint density at radius 1 is 0.921 bits per heavy atom. The fourth-order valence-corrected chi connectivity index (χ4v) is 3.77. The van der Waals surface area contributed by atoms with Gasteiger partial charge in [-0.1, -0.05) is 12.1 Å². The molecule has 1 saturated heterocycles. The Labute approximate surface area is 215 Å². The third-order valence-corrected chi connectivity index (χ3v) is 5.57. The number of carbonyl (C=O) groups excluding carboxylic acids is 2. The van der Waals surface area contributed by atoms with Crippen molar-refractivity contribution in [1.29, 1.82) is 5.26 Å². The molecule has 0 radical (unpaired) electrons. The predicted molar refractivity (Wildman–Crippen MR) is 134 cm³/mol. The van der Waals surface area contributed by atoms with Gasteiger partial charge in [-0.3, -0.25) is 5.32 Å². The number of nitrogens with zero attached hydrogens (tertiary/aromatic N) is 4. The Morgan fingerprint density at radius 2 is 1.63 bits per heavy atom. The summed E-state index contributed by atoms with van der Waals surface area (Å²) in [5.41, 5.74) is 1.45. The maximum atomic E-state index is 12.6. The van der Waals surface area contributed by atoms with E-state index < -0.39 is 18.1 Å². The molecule has 196 valence electrons. The van der Waals surface area contributed by atoms with Crippen LogP contribution in [0.3, 0.4) is 0 Å². The second kappa shape index (κ2) is 11.4. The minimum Gasteiger partial charge on any atom is -0.404 e. The Bertz CT molecular complexity index is 1340. The minimum atomic E-state index is -4.89. The molecule has 0 spiro atoms. The van der Waals surface area contributed by atoms with Gasteiger partial charge in [-0.15, -0.1) is 13.2 Å². The first kappa shape index (κ1) is 26.1. The van der Waals surface area contributed by atoms with E-state index >= 15 is 0 Å². The molecule has 2 heterocycles. The molecule has 1 aliphatic heterocycles. The van der Waals surface area contributed by atoms with Crippen molar-refractivity contribution in [3.05, 3.63) is 72.4 Å². The zero-order valence-corrected chi connectivity index (χ0v) is 19.8. The zero-order valence-electron chi connectivity index (χ0n) is 19.8. The Balaban J connectivity index is 1.29. The quantitative estimate of drug-likeness (QED) is 0.438. The Kier molecular flexibility index (Phi) is 7.81. The van der Waals surface area contributed by atoms with E-state index in [2.05, 4.69) is 30.6 Å². The third-order valence-electron chi connectivity index (χ3n) is 5.57. The lowest BCUT2D eigenvalue weighted by Gasteiger charge is -2.36. The summed E-state index contributed by atoms with van der Waals surface area (Å²) in [4.78, 5) is 32.6. The zero-order chi connectivity index (χ0) is 27.1. The van der Waals surface area contributed by atoms with Crippen LogP contribution in [-0.4, -0.2) is 54.5 Å². The Morgan fingerprint density at radius 3 is 2.32 bits per heavy atom. The second-order valence-corrected chi connectivity index (χ2v) is 8.09. The highest BCUT2D eigenvalue weighted by molar-refractivity contribution is 6.00. The molecular formula is C25H22F3N7O3. The number of hydrogen-bond acceptors (Lipinski definition) is 6. The maximum absolute atomic E-state index is 12.6. The summed E-state index contributed by atoms with van der Waals surface area (Å²) in [6.07, 6.45) is -3.39. The number of para-hydroxylation sites is 2. The normalized spacial score (nSPS) is 13.3. The van der Waals surface area contributed by atoms with E-state index in [9.17, 15) is 22.8 Å². The molecule has 38 heavy (non-hydrogen) atoms. The molecule has 0 unspecified atom stereocenters. The number of ether oxygens (including phenoxy) is 1. The van der Waals surface area contributed by atoms with Crippen LogP contribution in [0.4, 0.5) is 45.6 Å². The van der Waals surface area contributed by atoms with Gasteiger partial charge < -0.3 is 25.2 Å². The highest BCUT2D eigenvalue weighted by Gasteiger charge is 2.32. The molecule has 1 fully saturated rings. The lowest BCUT2D eigenvalue weighted by atomic mass is 10.2. The van der Waals surface area contributed by atoms with Crippen molar-refractivity contribution in [3.8, 4) is 11.8 Å². The van der Waals surface area contributed by atoms with Gasteiger partial charge in [0.15, 0.2) is 11.6 Å². The number of aromatic nitrogens is 1. The van der Waals surface area contributed by atoms with Crippen molar-refractivity contribution in [3.63, 3.8) is 0 Å². The van der Waals surface area contributed by atoms with Crippen LogP contribution < -0.4 is 25.6 Å². The molecule has 0 aliphatic carbocycles. The van der Waals surface area contributed by atoms with Crippen LogP contribution in [-0.2, 0) is 0 Å². The number of nitrogens with one attached hydrogen (secondary N) is 3. The number of rotatable bonds is 5. The van der Waals surface area contributed by atoms with Gasteiger partial charge in [0.25, 0.3) is 0 Å². The number of urea groups is 2. The summed E-state index contributed by atoms with van der Waals surface area (Å²) < 4.78 is 41.7. The highest BCUT2D eigenvalue weighted by atomic mass is 19.4. The van der Waals surface area contributed by atoms with Gasteiger partial charge in [0.05, 0.1) is 11.3 Å². The molecule has 0 saturated carbocycles. The van der Waals surface area contributed by atoms with Crippen LogP contribution >= 0.6 is 0 Å². The van der Waals surface area contributed by atoms with Gasteiger partial charge in [0, 0.05) is 43.8 Å². The van der Waals surface area contributed by atoms with E-state index in [4.69, 9.17) is 5.26 Å². The van der Waals surface area contributed by atoms with Crippen molar-refractivity contribution >= 4 is 34.9 Å². The monoisotopic (exact) mass is 525 g/mol. The van der Waals surface area contributed by atoms with Crippen LogP contribution in [0.5, 0.6) is 5.75 Å². The van der Waals surface area contributed by atoms with Gasteiger partial charge in [0.2, 0.25) is 0 Å². The molecule has 2 aromatic carbocycles. The second-order valence-electron chi connectivity index (χ2n) is 8.09. The number of nitriles is 1. The standard InChI is InChI=1S/C25H22F3N7O3/c26-25(27,28)38-21-6-2-1-5-20(21)32-23(36)31-18-7-9-19(10-8-18)34-12-14-35(15-13-34)24(37)33-22-17(16-29)4-3-11-30-22/h1-11H,12-15H2,(H,30,33,37)(H2,31,32,36). The van der Waals surface area contributed by atoms with Crippen LogP contribution in [0.25, 0.3) is 0 Å².